The minimum Gasteiger partial charge on any atom is -0.457 e. The molecular weight excluding hydrogens is 412 g/mol. The van der Waals surface area contributed by atoms with E-state index in [1.165, 1.54) is 38.5 Å². The highest BCUT2D eigenvalue weighted by atomic mass is 16.5. The van der Waals surface area contributed by atoms with E-state index >= 15 is 0 Å². The van der Waals surface area contributed by atoms with Gasteiger partial charge in [-0.1, -0.05) is 33.6 Å². The Balaban J connectivity index is 1.36. The number of unbranched alkanes of at least 4 members (excludes halogenated alkanes) is 1. The van der Waals surface area contributed by atoms with E-state index in [1.54, 1.807) is 0 Å². The SMILES string of the molecule is CC1CCC2(C)C(CCC3C2CCC2(C)C(C(=O)COC(=O)C(N)CCCCN)CCC32)C1. The molecular formula is C28H48N2O3. The van der Waals surface area contributed by atoms with Crippen LogP contribution in [0.3, 0.4) is 0 Å². The van der Waals surface area contributed by atoms with Crippen molar-refractivity contribution in [1.29, 1.82) is 0 Å². The summed E-state index contributed by atoms with van der Waals surface area (Å²) in [6.07, 6.45) is 13.7. The van der Waals surface area contributed by atoms with E-state index in [1.807, 2.05) is 0 Å². The molecule has 0 bridgehead atoms. The van der Waals surface area contributed by atoms with Gasteiger partial charge < -0.3 is 16.2 Å². The van der Waals surface area contributed by atoms with Crippen molar-refractivity contribution in [3.8, 4) is 0 Å². The third kappa shape index (κ3) is 4.66. The number of carbonyl (C=O) groups is 2. The highest BCUT2D eigenvalue weighted by Crippen LogP contribution is 2.67. The molecule has 4 saturated carbocycles. The molecule has 4 fully saturated rings. The summed E-state index contributed by atoms with van der Waals surface area (Å²) >= 11 is 0. The average molecular weight is 461 g/mol. The molecule has 4 aliphatic carbocycles. The van der Waals surface area contributed by atoms with Gasteiger partial charge in [-0.2, -0.15) is 0 Å². The maximum Gasteiger partial charge on any atom is 0.323 e. The van der Waals surface area contributed by atoms with Gasteiger partial charge in [0, 0.05) is 5.92 Å². The van der Waals surface area contributed by atoms with Crippen molar-refractivity contribution < 1.29 is 14.3 Å². The van der Waals surface area contributed by atoms with E-state index in [4.69, 9.17) is 16.2 Å². The first-order valence-corrected chi connectivity index (χ1v) is 13.9. The smallest absolute Gasteiger partial charge is 0.323 e. The molecule has 0 radical (unpaired) electrons. The van der Waals surface area contributed by atoms with E-state index in [0.29, 0.717) is 24.3 Å². The largest absolute Gasteiger partial charge is 0.457 e. The zero-order chi connectivity index (χ0) is 23.8. The fraction of sp³-hybridized carbons (Fsp3) is 0.929. The van der Waals surface area contributed by atoms with Crippen LogP contribution < -0.4 is 11.5 Å². The summed E-state index contributed by atoms with van der Waals surface area (Å²) in [5.41, 5.74) is 12.0. The number of hydrogen-bond acceptors (Lipinski definition) is 5. The predicted molar refractivity (Wildman–Crippen MR) is 131 cm³/mol. The Morgan fingerprint density at radius 2 is 1.70 bits per heavy atom. The second kappa shape index (κ2) is 9.97. The molecule has 5 nitrogen and oxygen atoms in total. The van der Waals surface area contributed by atoms with Crippen LogP contribution in [0.1, 0.15) is 97.8 Å². The van der Waals surface area contributed by atoms with Crippen LogP contribution >= 0.6 is 0 Å². The topological polar surface area (TPSA) is 95.4 Å². The van der Waals surface area contributed by atoms with Crippen LogP contribution in [0.2, 0.25) is 0 Å². The molecule has 0 aromatic heterocycles. The van der Waals surface area contributed by atoms with Gasteiger partial charge in [0.2, 0.25) is 0 Å². The molecule has 33 heavy (non-hydrogen) atoms. The lowest BCUT2D eigenvalue weighted by Gasteiger charge is -2.61. The molecule has 4 aliphatic rings. The van der Waals surface area contributed by atoms with Crippen LogP contribution in [-0.4, -0.2) is 30.9 Å². The van der Waals surface area contributed by atoms with Gasteiger partial charge in [-0.25, -0.2) is 0 Å². The Bertz CT molecular complexity index is 726. The molecule has 4 rings (SSSR count). The first kappa shape index (κ1) is 25.2. The highest BCUT2D eigenvalue weighted by Gasteiger charge is 2.61. The summed E-state index contributed by atoms with van der Waals surface area (Å²) in [6.45, 7) is 7.92. The fourth-order valence-electron chi connectivity index (χ4n) is 8.98. The molecule has 188 valence electrons. The number of esters is 1. The van der Waals surface area contributed by atoms with Crippen molar-refractivity contribution in [2.24, 2.45) is 57.8 Å². The summed E-state index contributed by atoms with van der Waals surface area (Å²) in [5, 5.41) is 0. The third-order valence-corrected chi connectivity index (χ3v) is 10.9. The zero-order valence-corrected chi connectivity index (χ0v) is 21.3. The van der Waals surface area contributed by atoms with E-state index in [9.17, 15) is 9.59 Å². The summed E-state index contributed by atoms with van der Waals surface area (Å²) in [6, 6.07) is -0.652. The minimum absolute atomic E-state index is 0.0293. The maximum absolute atomic E-state index is 13.2. The minimum atomic E-state index is -0.652. The molecule has 5 heteroatoms. The van der Waals surface area contributed by atoms with Crippen molar-refractivity contribution >= 4 is 11.8 Å². The van der Waals surface area contributed by atoms with E-state index in [0.717, 1.165) is 55.8 Å². The Labute approximate surface area is 201 Å². The molecule has 0 heterocycles. The number of rotatable bonds is 8. The van der Waals surface area contributed by atoms with Crippen molar-refractivity contribution in [1.82, 2.24) is 0 Å². The van der Waals surface area contributed by atoms with Gasteiger partial charge >= 0.3 is 5.97 Å². The maximum atomic E-state index is 13.2. The summed E-state index contributed by atoms with van der Waals surface area (Å²) in [7, 11) is 0. The Hall–Kier alpha value is -0.940. The van der Waals surface area contributed by atoms with Crippen molar-refractivity contribution in [2.75, 3.05) is 13.2 Å². The van der Waals surface area contributed by atoms with Crippen LogP contribution in [0, 0.1) is 46.3 Å². The van der Waals surface area contributed by atoms with Crippen molar-refractivity contribution in [3.05, 3.63) is 0 Å². The molecule has 9 atom stereocenters. The van der Waals surface area contributed by atoms with Crippen LogP contribution in [0.15, 0.2) is 0 Å². The fourth-order valence-corrected chi connectivity index (χ4v) is 8.98. The number of Topliss-reactive ketones (excluding diaryl/α,β-unsaturated/α-hetero) is 1. The Morgan fingerprint density at radius 1 is 0.970 bits per heavy atom. The monoisotopic (exact) mass is 460 g/mol. The van der Waals surface area contributed by atoms with Gasteiger partial charge in [0.05, 0.1) is 0 Å². The molecule has 0 aromatic carbocycles. The molecule has 9 unspecified atom stereocenters. The normalized spacial score (nSPS) is 43.2. The Kier molecular flexibility index (Phi) is 7.60. The van der Waals surface area contributed by atoms with Crippen LogP contribution in [0.4, 0.5) is 0 Å². The van der Waals surface area contributed by atoms with Gasteiger partial charge in [0.25, 0.3) is 0 Å². The first-order chi connectivity index (χ1) is 15.7. The summed E-state index contributed by atoms with van der Waals surface area (Å²) < 4.78 is 5.39. The van der Waals surface area contributed by atoms with E-state index in [-0.39, 0.29) is 23.7 Å². The van der Waals surface area contributed by atoms with Gasteiger partial charge in [0.1, 0.15) is 12.6 Å². The van der Waals surface area contributed by atoms with Gasteiger partial charge in [-0.15, -0.1) is 0 Å². The van der Waals surface area contributed by atoms with Gasteiger partial charge in [0.15, 0.2) is 5.78 Å². The number of nitrogens with two attached hydrogens (primary N) is 2. The lowest BCUT2D eigenvalue weighted by atomic mass is 9.44. The number of hydrogen-bond donors (Lipinski definition) is 2. The Morgan fingerprint density at radius 3 is 2.45 bits per heavy atom. The standard InChI is InChI=1S/C28H48N2O3/c1-18-11-13-27(2)19(16-18)7-8-20-21-9-10-23(28(21,3)14-12-22(20)27)25(31)17-33-26(32)24(30)6-4-5-15-29/h18-24H,4-17,29-30H2,1-3H3. The van der Waals surface area contributed by atoms with Crippen molar-refractivity contribution in [2.45, 2.75) is 104 Å². The lowest BCUT2D eigenvalue weighted by Crippen LogP contribution is -2.53. The number of ketones is 1. The van der Waals surface area contributed by atoms with Crippen LogP contribution in [-0.2, 0) is 14.3 Å². The molecule has 4 N–H and O–H groups in total. The second-order valence-corrected chi connectivity index (χ2v) is 12.7. The second-order valence-electron chi connectivity index (χ2n) is 12.7. The number of ether oxygens (including phenoxy) is 1. The van der Waals surface area contributed by atoms with Gasteiger partial charge in [-0.05, 0) is 111 Å². The average Bonchev–Trinajstić information content (AvgIpc) is 3.15. The lowest BCUT2D eigenvalue weighted by molar-refractivity contribution is -0.153. The zero-order valence-electron chi connectivity index (χ0n) is 21.3. The highest BCUT2D eigenvalue weighted by molar-refractivity contribution is 5.86. The summed E-state index contributed by atoms with van der Waals surface area (Å²) in [4.78, 5) is 25.5. The van der Waals surface area contributed by atoms with Gasteiger partial charge in [-0.3, -0.25) is 9.59 Å². The first-order valence-electron chi connectivity index (χ1n) is 13.9. The third-order valence-electron chi connectivity index (χ3n) is 10.9. The molecule has 0 aromatic rings. The van der Waals surface area contributed by atoms with E-state index in [2.05, 4.69) is 20.8 Å². The predicted octanol–water partition coefficient (Wildman–Crippen LogP) is 4.85. The quantitative estimate of drug-likeness (QED) is 0.399. The van der Waals surface area contributed by atoms with Crippen molar-refractivity contribution in [3.63, 3.8) is 0 Å². The molecule has 0 saturated heterocycles. The number of carbonyl (C=O) groups excluding carboxylic acids is 2. The molecule has 0 aliphatic heterocycles. The summed E-state index contributed by atoms with van der Waals surface area (Å²) in [5.74, 6) is 3.75. The molecule has 0 amide bonds. The molecule has 0 spiro atoms. The van der Waals surface area contributed by atoms with E-state index < -0.39 is 12.0 Å². The van der Waals surface area contributed by atoms with Crippen LogP contribution in [0.5, 0.6) is 0 Å². The van der Waals surface area contributed by atoms with Crippen LogP contribution in [0.25, 0.3) is 0 Å². The number of fused-ring (bicyclic) bond motifs is 5.